The van der Waals surface area contributed by atoms with Crippen molar-refractivity contribution in [3.8, 4) is 10.7 Å². The molecule has 3 aromatic heterocycles. The highest BCUT2D eigenvalue weighted by molar-refractivity contribution is 7.19. The van der Waals surface area contributed by atoms with Crippen LogP contribution in [0.2, 0.25) is 4.34 Å². The molecule has 0 aromatic carbocycles. The van der Waals surface area contributed by atoms with E-state index in [4.69, 9.17) is 16.7 Å². The summed E-state index contributed by atoms with van der Waals surface area (Å²) in [5.41, 5.74) is 0.681. The number of thiophene rings is 1. The minimum Gasteiger partial charge on any atom is -0.478 e. The van der Waals surface area contributed by atoms with Crippen LogP contribution < -0.4 is 0 Å². The largest absolute Gasteiger partial charge is 0.478 e. The third-order valence-corrected chi connectivity index (χ3v) is 3.61. The van der Waals surface area contributed by atoms with E-state index in [1.165, 1.54) is 28.0 Å². The normalized spacial score (nSPS) is 10.9. The van der Waals surface area contributed by atoms with Crippen LogP contribution in [0.4, 0.5) is 0 Å². The summed E-state index contributed by atoms with van der Waals surface area (Å²) in [6, 6.07) is 6.57. The Bertz CT molecular complexity index is 750. The van der Waals surface area contributed by atoms with Crippen LogP contribution in [0.25, 0.3) is 16.3 Å². The Morgan fingerprint density at radius 1 is 1.39 bits per heavy atom. The van der Waals surface area contributed by atoms with E-state index in [1.54, 1.807) is 12.3 Å². The Balaban J connectivity index is 2.13. The van der Waals surface area contributed by atoms with Crippen molar-refractivity contribution in [3.63, 3.8) is 0 Å². The number of rotatable bonds is 2. The van der Waals surface area contributed by atoms with Crippen molar-refractivity contribution in [2.24, 2.45) is 0 Å². The highest BCUT2D eigenvalue weighted by Gasteiger charge is 2.10. The van der Waals surface area contributed by atoms with Crippen molar-refractivity contribution in [1.82, 2.24) is 14.6 Å². The topological polar surface area (TPSA) is 67.5 Å². The fourth-order valence-electron chi connectivity index (χ4n) is 1.55. The average molecular weight is 280 g/mol. The van der Waals surface area contributed by atoms with Crippen LogP contribution in [0.3, 0.4) is 0 Å². The van der Waals surface area contributed by atoms with Crippen molar-refractivity contribution >= 4 is 34.6 Å². The number of carboxylic acids is 1. The SMILES string of the molecule is O=C(O)c1ccn2nc(-c3ccc(Cl)s3)nc2c1. The summed E-state index contributed by atoms with van der Waals surface area (Å²) in [5, 5.41) is 13.2. The van der Waals surface area contributed by atoms with Crippen molar-refractivity contribution in [3.05, 3.63) is 40.4 Å². The summed E-state index contributed by atoms with van der Waals surface area (Å²) >= 11 is 7.23. The zero-order valence-electron chi connectivity index (χ0n) is 8.87. The maximum Gasteiger partial charge on any atom is 0.335 e. The molecule has 0 spiro atoms. The lowest BCUT2D eigenvalue weighted by atomic mass is 10.3. The standard InChI is InChI=1S/C11H6ClN3O2S/c12-8-2-1-7(18-8)10-13-9-5-6(11(16)17)3-4-15(9)14-10/h1-5H,(H,16,17). The zero-order chi connectivity index (χ0) is 12.7. The Kier molecular flexibility index (Phi) is 2.53. The molecule has 90 valence electrons. The van der Waals surface area contributed by atoms with E-state index in [9.17, 15) is 4.79 Å². The molecule has 3 aromatic rings. The van der Waals surface area contributed by atoms with E-state index >= 15 is 0 Å². The van der Waals surface area contributed by atoms with E-state index < -0.39 is 5.97 Å². The van der Waals surface area contributed by atoms with Gasteiger partial charge in [-0.25, -0.2) is 14.3 Å². The van der Waals surface area contributed by atoms with Gasteiger partial charge in [0, 0.05) is 6.20 Å². The van der Waals surface area contributed by atoms with Gasteiger partial charge < -0.3 is 5.11 Å². The van der Waals surface area contributed by atoms with Gasteiger partial charge in [-0.05, 0) is 24.3 Å². The average Bonchev–Trinajstić information content (AvgIpc) is 2.93. The Morgan fingerprint density at radius 3 is 2.89 bits per heavy atom. The molecule has 1 N–H and O–H groups in total. The summed E-state index contributed by atoms with van der Waals surface area (Å²) in [6.45, 7) is 0. The molecule has 7 heteroatoms. The van der Waals surface area contributed by atoms with Gasteiger partial charge in [-0.1, -0.05) is 11.6 Å². The lowest BCUT2D eigenvalue weighted by Gasteiger charge is -1.93. The highest BCUT2D eigenvalue weighted by atomic mass is 35.5. The first-order valence-corrected chi connectivity index (χ1v) is 6.18. The third-order valence-electron chi connectivity index (χ3n) is 2.38. The summed E-state index contributed by atoms with van der Waals surface area (Å²) in [7, 11) is 0. The molecule has 0 aliphatic heterocycles. The van der Waals surface area contributed by atoms with Gasteiger partial charge in [0.1, 0.15) is 0 Å². The van der Waals surface area contributed by atoms with Crippen LogP contribution in [-0.4, -0.2) is 25.7 Å². The summed E-state index contributed by atoms with van der Waals surface area (Å²) < 4.78 is 2.20. The first-order valence-electron chi connectivity index (χ1n) is 4.99. The van der Waals surface area contributed by atoms with Crippen LogP contribution in [0, 0.1) is 0 Å². The van der Waals surface area contributed by atoms with Crippen LogP contribution in [0.15, 0.2) is 30.5 Å². The van der Waals surface area contributed by atoms with Gasteiger partial charge in [0.15, 0.2) is 11.5 Å². The van der Waals surface area contributed by atoms with E-state index in [-0.39, 0.29) is 5.56 Å². The number of pyridine rings is 1. The van der Waals surface area contributed by atoms with Crippen molar-refractivity contribution in [1.29, 1.82) is 0 Å². The number of carboxylic acid groups (broad SMARTS) is 1. The molecule has 0 atom stereocenters. The minimum absolute atomic E-state index is 0.186. The number of aromatic nitrogens is 3. The predicted octanol–water partition coefficient (Wildman–Crippen LogP) is 2.81. The van der Waals surface area contributed by atoms with Gasteiger partial charge in [0.05, 0.1) is 14.8 Å². The first-order chi connectivity index (χ1) is 8.63. The van der Waals surface area contributed by atoms with Crippen LogP contribution in [-0.2, 0) is 0 Å². The van der Waals surface area contributed by atoms with Gasteiger partial charge in [-0.3, -0.25) is 0 Å². The fourth-order valence-corrected chi connectivity index (χ4v) is 2.53. The quantitative estimate of drug-likeness (QED) is 0.783. The molecule has 3 heterocycles. The summed E-state index contributed by atoms with van der Waals surface area (Å²) in [4.78, 5) is 16.0. The van der Waals surface area contributed by atoms with Crippen LogP contribution in [0.1, 0.15) is 10.4 Å². The third kappa shape index (κ3) is 1.85. The maximum atomic E-state index is 10.9. The van der Waals surface area contributed by atoms with Gasteiger partial charge in [-0.2, -0.15) is 0 Å². The Hall–Kier alpha value is -1.92. The lowest BCUT2D eigenvalue weighted by molar-refractivity contribution is 0.0697. The summed E-state index contributed by atoms with van der Waals surface area (Å²) in [5.74, 6) is -0.448. The predicted molar refractivity (Wildman–Crippen MR) is 68.3 cm³/mol. The van der Waals surface area contributed by atoms with Gasteiger partial charge in [-0.15, -0.1) is 16.4 Å². The van der Waals surface area contributed by atoms with E-state index in [0.29, 0.717) is 15.8 Å². The van der Waals surface area contributed by atoms with E-state index in [2.05, 4.69) is 10.1 Å². The number of carbonyl (C=O) groups is 1. The molecule has 0 radical (unpaired) electrons. The van der Waals surface area contributed by atoms with Gasteiger partial charge in [0.2, 0.25) is 0 Å². The van der Waals surface area contributed by atoms with Gasteiger partial charge >= 0.3 is 5.97 Å². The second kappa shape index (κ2) is 4.08. The molecule has 0 saturated heterocycles. The van der Waals surface area contributed by atoms with Crippen LogP contribution in [0.5, 0.6) is 0 Å². The first kappa shape index (κ1) is 11.2. The smallest absolute Gasteiger partial charge is 0.335 e. The Morgan fingerprint density at radius 2 is 2.22 bits per heavy atom. The second-order valence-corrected chi connectivity index (χ2v) is 5.28. The van der Waals surface area contributed by atoms with Crippen molar-refractivity contribution in [2.75, 3.05) is 0 Å². The molecule has 0 unspecified atom stereocenters. The molecule has 18 heavy (non-hydrogen) atoms. The summed E-state index contributed by atoms with van der Waals surface area (Å²) in [6.07, 6.45) is 1.57. The molecular formula is C11H6ClN3O2S. The molecule has 0 amide bonds. The van der Waals surface area contributed by atoms with E-state index in [1.807, 2.05) is 6.07 Å². The maximum absolute atomic E-state index is 10.9. The van der Waals surface area contributed by atoms with Gasteiger partial charge in [0.25, 0.3) is 0 Å². The molecular weight excluding hydrogens is 274 g/mol. The molecule has 5 nitrogen and oxygen atoms in total. The number of hydrogen-bond acceptors (Lipinski definition) is 4. The number of nitrogens with zero attached hydrogens (tertiary/aromatic N) is 3. The number of hydrogen-bond donors (Lipinski definition) is 1. The highest BCUT2D eigenvalue weighted by Crippen LogP contribution is 2.29. The monoisotopic (exact) mass is 279 g/mol. The molecule has 0 fully saturated rings. The minimum atomic E-state index is -0.985. The van der Waals surface area contributed by atoms with Crippen molar-refractivity contribution < 1.29 is 9.90 Å². The molecule has 0 aliphatic carbocycles. The second-order valence-electron chi connectivity index (χ2n) is 3.56. The Labute approximate surface area is 110 Å². The van der Waals surface area contributed by atoms with Crippen LogP contribution >= 0.6 is 22.9 Å². The molecule has 3 rings (SSSR count). The lowest BCUT2D eigenvalue weighted by Crippen LogP contribution is -1.97. The number of aromatic carboxylic acids is 1. The molecule has 0 aliphatic rings. The zero-order valence-corrected chi connectivity index (χ0v) is 10.4. The van der Waals surface area contributed by atoms with E-state index in [0.717, 1.165) is 4.88 Å². The molecule has 0 saturated carbocycles. The fraction of sp³-hybridized carbons (Fsp3) is 0. The van der Waals surface area contributed by atoms with Crippen molar-refractivity contribution in [2.45, 2.75) is 0 Å². The number of fused-ring (bicyclic) bond motifs is 1. The number of halogens is 1. The molecule has 0 bridgehead atoms.